The molecule has 8 nitrogen and oxygen atoms in total. The number of anilines is 2. The summed E-state index contributed by atoms with van der Waals surface area (Å²) in [6.07, 6.45) is -0.618. The number of nitrogens with one attached hydrogen (secondary N) is 1. The van der Waals surface area contributed by atoms with Gasteiger partial charge >= 0.3 is 0 Å². The monoisotopic (exact) mass is 453 g/mol. The van der Waals surface area contributed by atoms with Crippen LogP contribution in [0.1, 0.15) is 6.92 Å². The molecule has 2 aromatic rings. The van der Waals surface area contributed by atoms with E-state index in [9.17, 15) is 13.6 Å². The molecule has 1 amide bonds. The van der Waals surface area contributed by atoms with Crippen LogP contribution in [0.5, 0.6) is 5.75 Å². The molecule has 0 aliphatic carbocycles. The van der Waals surface area contributed by atoms with Gasteiger partial charge in [-0.2, -0.15) is 0 Å². The van der Waals surface area contributed by atoms with Crippen molar-refractivity contribution < 1.29 is 23.0 Å². The number of imidazole rings is 1. The number of halogens is 2. The first-order valence-corrected chi connectivity index (χ1v) is 11.0. The number of hydrogen-bond acceptors (Lipinski definition) is 7. The van der Waals surface area contributed by atoms with Gasteiger partial charge in [0.2, 0.25) is 5.91 Å². The van der Waals surface area contributed by atoms with Crippen molar-refractivity contribution in [1.82, 2.24) is 9.55 Å². The minimum absolute atomic E-state index is 0.0769. The lowest BCUT2D eigenvalue weighted by atomic mass is 10.1. The van der Waals surface area contributed by atoms with Gasteiger partial charge in [-0.3, -0.25) is 4.79 Å². The maximum Gasteiger partial charge on any atom is 0.259 e. The quantitative estimate of drug-likeness (QED) is 0.665. The highest BCUT2D eigenvalue weighted by atomic mass is 32.2. The number of nitrogens with two attached hydrogens (primary N) is 1. The summed E-state index contributed by atoms with van der Waals surface area (Å²) in [5.41, 5.74) is 6.83. The molecule has 4 rings (SSSR count). The average molecular weight is 454 g/mol. The van der Waals surface area contributed by atoms with E-state index in [0.29, 0.717) is 42.0 Å². The number of amides is 1. The summed E-state index contributed by atoms with van der Waals surface area (Å²) in [5, 5.41) is 2.97. The zero-order chi connectivity index (χ0) is 22.1. The summed E-state index contributed by atoms with van der Waals surface area (Å²) < 4.78 is 39.9. The lowest BCUT2D eigenvalue weighted by molar-refractivity contribution is -0.119. The van der Waals surface area contributed by atoms with Gasteiger partial charge in [-0.25, -0.2) is 13.8 Å². The second-order valence-corrected chi connectivity index (χ2v) is 8.82. The number of methoxy groups -OCH3 is 1. The Bertz CT molecular complexity index is 957. The summed E-state index contributed by atoms with van der Waals surface area (Å²) >= 11 is 1.50. The van der Waals surface area contributed by atoms with Crippen LogP contribution in [0.4, 0.5) is 20.3 Å². The van der Waals surface area contributed by atoms with Gasteiger partial charge in [-0.1, -0.05) is 0 Å². The molecule has 0 spiro atoms. The Balaban J connectivity index is 1.65. The third-order valence-electron chi connectivity index (χ3n) is 5.41. The number of thioether (sulfide) groups is 1. The Hall–Kier alpha value is -2.53. The van der Waals surface area contributed by atoms with Crippen LogP contribution in [0.25, 0.3) is 11.4 Å². The second-order valence-electron chi connectivity index (χ2n) is 7.47. The molecule has 1 saturated heterocycles. The fourth-order valence-electron chi connectivity index (χ4n) is 3.86. The number of aromatic nitrogens is 2. The molecule has 1 aromatic heterocycles. The molecule has 0 bridgehead atoms. The van der Waals surface area contributed by atoms with Gasteiger partial charge in [-0.05, 0) is 19.1 Å². The summed E-state index contributed by atoms with van der Waals surface area (Å²) in [6, 6.07) is 3.88. The number of benzene rings is 1. The second kappa shape index (κ2) is 8.91. The van der Waals surface area contributed by atoms with E-state index < -0.39 is 24.4 Å². The molecule has 3 atom stereocenters. The van der Waals surface area contributed by atoms with Crippen molar-refractivity contribution in [3.05, 3.63) is 24.4 Å². The Morgan fingerprint density at radius 1 is 1.48 bits per heavy atom. The van der Waals surface area contributed by atoms with Crippen LogP contribution >= 0.6 is 11.8 Å². The minimum atomic E-state index is -2.44. The summed E-state index contributed by atoms with van der Waals surface area (Å²) in [4.78, 5) is 18.0. The molecule has 3 N–H and O–H groups in total. The van der Waals surface area contributed by atoms with E-state index in [1.54, 1.807) is 17.0 Å². The zero-order valence-electron chi connectivity index (χ0n) is 17.3. The summed E-state index contributed by atoms with van der Waals surface area (Å²) in [6.45, 7) is 3.00. The number of hydrogen-bond donors (Lipinski definition) is 2. The molecular weight excluding hydrogens is 428 g/mol. The summed E-state index contributed by atoms with van der Waals surface area (Å²) in [7, 11) is 1.49. The molecule has 2 aliphatic heterocycles. The van der Waals surface area contributed by atoms with E-state index in [1.165, 1.54) is 18.9 Å². The smallest absolute Gasteiger partial charge is 0.259 e. The lowest BCUT2D eigenvalue weighted by Gasteiger charge is -2.26. The van der Waals surface area contributed by atoms with Crippen LogP contribution in [0.2, 0.25) is 0 Å². The number of carbonyl (C=O) groups excluding carboxylic acids is 1. The van der Waals surface area contributed by atoms with Crippen LogP contribution in [-0.4, -0.2) is 65.4 Å². The summed E-state index contributed by atoms with van der Waals surface area (Å²) in [5.74, 6) is 1.65. The third-order valence-corrected chi connectivity index (χ3v) is 6.65. The largest absolute Gasteiger partial charge is 0.491 e. The van der Waals surface area contributed by atoms with E-state index >= 15 is 0 Å². The van der Waals surface area contributed by atoms with Gasteiger partial charge in [0.1, 0.15) is 36.1 Å². The van der Waals surface area contributed by atoms with Crippen molar-refractivity contribution in [3.8, 4) is 17.1 Å². The highest BCUT2D eigenvalue weighted by molar-refractivity contribution is 8.00. The van der Waals surface area contributed by atoms with Crippen LogP contribution in [-0.2, 0) is 16.1 Å². The number of fused-ring (bicyclic) bond motifs is 3. The molecule has 2 unspecified atom stereocenters. The number of primary amides is 1. The molecule has 3 heterocycles. The van der Waals surface area contributed by atoms with Crippen molar-refractivity contribution >= 4 is 29.2 Å². The highest BCUT2D eigenvalue weighted by Crippen LogP contribution is 2.39. The maximum atomic E-state index is 13.5. The van der Waals surface area contributed by atoms with Crippen LogP contribution < -0.4 is 20.7 Å². The number of nitrogens with zero attached hydrogens (tertiary/aromatic N) is 3. The Morgan fingerprint density at radius 3 is 3.00 bits per heavy atom. The van der Waals surface area contributed by atoms with Crippen molar-refractivity contribution in [1.29, 1.82) is 0 Å². The van der Waals surface area contributed by atoms with Crippen LogP contribution in [0.3, 0.4) is 0 Å². The minimum Gasteiger partial charge on any atom is -0.491 e. The number of alkyl halides is 2. The molecule has 2 aliphatic rings. The Labute approximate surface area is 183 Å². The molecule has 1 fully saturated rings. The molecule has 0 radical (unpaired) electrons. The first kappa shape index (κ1) is 21.7. The van der Waals surface area contributed by atoms with E-state index in [2.05, 4.69) is 5.32 Å². The van der Waals surface area contributed by atoms with E-state index in [-0.39, 0.29) is 12.0 Å². The van der Waals surface area contributed by atoms with Gasteiger partial charge in [0.25, 0.3) is 6.43 Å². The fourth-order valence-corrected chi connectivity index (χ4v) is 5.07. The normalized spacial score (nSPS) is 21.3. The van der Waals surface area contributed by atoms with Gasteiger partial charge in [-0.15, -0.1) is 11.8 Å². The van der Waals surface area contributed by atoms with E-state index in [1.807, 2.05) is 23.8 Å². The highest BCUT2D eigenvalue weighted by Gasteiger charge is 2.39. The SMILES string of the molecule is COC[C@H](Nc1ccc2c(c1)OCCn1cc(N3C(C)SCC3C(F)F)nc1-2)C(N)=O. The van der Waals surface area contributed by atoms with Crippen molar-refractivity contribution in [2.24, 2.45) is 5.73 Å². The predicted octanol–water partition coefficient (Wildman–Crippen LogP) is 2.39. The number of ether oxygens (including phenoxy) is 2. The van der Waals surface area contributed by atoms with Gasteiger partial charge < -0.3 is 30.0 Å². The van der Waals surface area contributed by atoms with Crippen LogP contribution in [0, 0.1) is 0 Å². The predicted molar refractivity (Wildman–Crippen MR) is 116 cm³/mol. The van der Waals surface area contributed by atoms with Crippen molar-refractivity contribution in [2.45, 2.75) is 37.4 Å². The molecule has 0 saturated carbocycles. The topological polar surface area (TPSA) is 94.6 Å². The lowest BCUT2D eigenvalue weighted by Crippen LogP contribution is -2.40. The average Bonchev–Trinajstić information content (AvgIpc) is 3.27. The van der Waals surface area contributed by atoms with E-state index in [0.717, 1.165) is 5.56 Å². The van der Waals surface area contributed by atoms with Crippen molar-refractivity contribution in [2.75, 3.05) is 36.3 Å². The Morgan fingerprint density at radius 2 is 2.29 bits per heavy atom. The first-order valence-electron chi connectivity index (χ1n) is 9.96. The first-order chi connectivity index (χ1) is 14.9. The van der Waals surface area contributed by atoms with E-state index in [4.69, 9.17) is 20.2 Å². The zero-order valence-corrected chi connectivity index (χ0v) is 18.1. The number of rotatable bonds is 7. The van der Waals surface area contributed by atoms with Crippen LogP contribution in [0.15, 0.2) is 24.4 Å². The molecule has 11 heteroatoms. The Kier molecular flexibility index (Phi) is 6.24. The third kappa shape index (κ3) is 4.29. The standard InChI is InChI=1S/C20H25F2N5O3S/c1-11-27(15(10-31-11)18(21)22)17-8-26-5-6-30-16-7-12(3-4-13(16)20(26)25-17)24-14(9-29-2)19(23)28/h3-4,7-8,11,14-15,18,24H,5-6,9-10H2,1-2H3,(H2,23,28)/t11?,14-,15?/m0/s1. The van der Waals surface area contributed by atoms with Gasteiger partial charge in [0, 0.05) is 30.8 Å². The number of carbonyl (C=O) groups is 1. The molecular formula is C20H25F2N5O3S. The van der Waals surface area contributed by atoms with Gasteiger partial charge in [0.15, 0.2) is 0 Å². The van der Waals surface area contributed by atoms with Gasteiger partial charge in [0.05, 0.1) is 24.1 Å². The maximum absolute atomic E-state index is 13.5. The molecule has 1 aromatic carbocycles. The fraction of sp³-hybridized carbons (Fsp3) is 0.500. The van der Waals surface area contributed by atoms with Crippen molar-refractivity contribution in [3.63, 3.8) is 0 Å². The molecule has 168 valence electrons. The molecule has 31 heavy (non-hydrogen) atoms.